The second kappa shape index (κ2) is 7.92. The van der Waals surface area contributed by atoms with Gasteiger partial charge in [-0.2, -0.15) is 4.98 Å². The number of benzene rings is 1. The predicted molar refractivity (Wildman–Crippen MR) is 107 cm³/mol. The molecule has 0 bridgehead atoms. The van der Waals surface area contributed by atoms with Gasteiger partial charge in [-0.1, -0.05) is 11.2 Å². The molecule has 140 valence electrons. The van der Waals surface area contributed by atoms with E-state index in [1.165, 1.54) is 24.1 Å². The van der Waals surface area contributed by atoms with Gasteiger partial charge in [0.2, 0.25) is 17.6 Å². The van der Waals surface area contributed by atoms with Crippen molar-refractivity contribution < 1.29 is 9.32 Å². The number of thiophene rings is 1. The number of hydrogen-bond acceptors (Lipinski definition) is 6. The summed E-state index contributed by atoms with van der Waals surface area (Å²) in [6.45, 7) is 4.32. The molecular formula is C20H22N4O2S. The summed E-state index contributed by atoms with van der Waals surface area (Å²) in [5.41, 5.74) is 3.27. The van der Waals surface area contributed by atoms with Crippen molar-refractivity contribution in [1.29, 1.82) is 0 Å². The van der Waals surface area contributed by atoms with Gasteiger partial charge in [0.1, 0.15) is 0 Å². The lowest BCUT2D eigenvalue weighted by atomic mass is 10.1. The zero-order valence-corrected chi connectivity index (χ0v) is 16.1. The highest BCUT2D eigenvalue weighted by molar-refractivity contribution is 7.13. The molecule has 1 saturated heterocycles. The Morgan fingerprint density at radius 1 is 1.30 bits per heavy atom. The number of anilines is 2. The van der Waals surface area contributed by atoms with Gasteiger partial charge in [0.25, 0.3) is 0 Å². The van der Waals surface area contributed by atoms with Crippen molar-refractivity contribution in [2.75, 3.05) is 23.3 Å². The average Bonchev–Trinajstić information content (AvgIpc) is 3.41. The molecule has 1 fully saturated rings. The summed E-state index contributed by atoms with van der Waals surface area (Å²) in [5, 5.41) is 8.90. The van der Waals surface area contributed by atoms with Crippen LogP contribution in [0.4, 0.5) is 11.4 Å². The quantitative estimate of drug-likeness (QED) is 0.689. The third-order valence-corrected chi connectivity index (χ3v) is 5.57. The Hall–Kier alpha value is -2.67. The van der Waals surface area contributed by atoms with Crippen LogP contribution in [0.2, 0.25) is 0 Å². The van der Waals surface area contributed by atoms with Crippen LogP contribution in [0, 0.1) is 6.92 Å². The van der Waals surface area contributed by atoms with Crippen LogP contribution in [-0.2, 0) is 11.2 Å². The number of rotatable bonds is 6. The molecule has 2 aromatic heterocycles. The van der Waals surface area contributed by atoms with Gasteiger partial charge in [0, 0.05) is 37.3 Å². The topological polar surface area (TPSA) is 71.3 Å². The fourth-order valence-electron chi connectivity index (χ4n) is 3.35. The van der Waals surface area contributed by atoms with E-state index in [4.69, 9.17) is 4.52 Å². The second-order valence-corrected chi connectivity index (χ2v) is 7.68. The Bertz CT molecular complexity index is 914. The predicted octanol–water partition coefficient (Wildman–Crippen LogP) is 4.28. The molecule has 0 saturated carbocycles. The van der Waals surface area contributed by atoms with Crippen LogP contribution in [0.1, 0.15) is 30.7 Å². The van der Waals surface area contributed by atoms with E-state index >= 15 is 0 Å². The first-order valence-corrected chi connectivity index (χ1v) is 10.1. The monoisotopic (exact) mass is 382 g/mol. The summed E-state index contributed by atoms with van der Waals surface area (Å²) < 4.78 is 5.24. The molecule has 3 aromatic rings. The van der Waals surface area contributed by atoms with Crippen LogP contribution in [0.25, 0.3) is 10.7 Å². The molecule has 27 heavy (non-hydrogen) atoms. The minimum Gasteiger partial charge on any atom is -0.371 e. The van der Waals surface area contributed by atoms with Crippen molar-refractivity contribution in [1.82, 2.24) is 10.1 Å². The molecule has 7 heteroatoms. The van der Waals surface area contributed by atoms with E-state index in [1.807, 2.05) is 29.6 Å². The van der Waals surface area contributed by atoms with Crippen LogP contribution in [0.5, 0.6) is 0 Å². The number of nitrogens with one attached hydrogen (secondary N) is 1. The minimum absolute atomic E-state index is 0.0563. The van der Waals surface area contributed by atoms with E-state index in [1.54, 1.807) is 11.3 Å². The summed E-state index contributed by atoms with van der Waals surface area (Å²) in [6, 6.07) is 10.00. The highest BCUT2D eigenvalue weighted by atomic mass is 32.1. The highest BCUT2D eigenvalue weighted by Gasteiger charge is 2.15. The number of carbonyl (C=O) groups excluding carboxylic acids is 1. The third kappa shape index (κ3) is 4.19. The Morgan fingerprint density at radius 2 is 2.15 bits per heavy atom. The van der Waals surface area contributed by atoms with Gasteiger partial charge in [0.15, 0.2) is 0 Å². The first kappa shape index (κ1) is 17.7. The molecule has 1 N–H and O–H groups in total. The van der Waals surface area contributed by atoms with E-state index in [0.29, 0.717) is 24.6 Å². The average molecular weight is 382 g/mol. The maximum Gasteiger partial charge on any atom is 0.227 e. The molecule has 0 atom stereocenters. The lowest BCUT2D eigenvalue weighted by Gasteiger charge is -2.20. The first-order valence-electron chi connectivity index (χ1n) is 9.21. The first-order chi connectivity index (χ1) is 13.2. The van der Waals surface area contributed by atoms with E-state index in [0.717, 1.165) is 23.7 Å². The minimum atomic E-state index is -0.0563. The summed E-state index contributed by atoms with van der Waals surface area (Å²) in [4.78, 5) is 20.0. The zero-order chi connectivity index (χ0) is 18.6. The van der Waals surface area contributed by atoms with Crippen molar-refractivity contribution in [3.05, 3.63) is 47.2 Å². The number of aromatic nitrogens is 2. The van der Waals surface area contributed by atoms with E-state index in [2.05, 4.69) is 33.3 Å². The molecule has 1 aliphatic heterocycles. The zero-order valence-electron chi connectivity index (χ0n) is 15.3. The van der Waals surface area contributed by atoms with Gasteiger partial charge < -0.3 is 14.7 Å². The maximum atomic E-state index is 12.3. The molecule has 6 nitrogen and oxygen atoms in total. The van der Waals surface area contributed by atoms with E-state index in [-0.39, 0.29) is 5.91 Å². The van der Waals surface area contributed by atoms with Gasteiger partial charge in [-0.05, 0) is 55.0 Å². The Kier molecular flexibility index (Phi) is 5.20. The Labute approximate surface area is 162 Å². The van der Waals surface area contributed by atoms with Gasteiger partial charge in [0.05, 0.1) is 4.88 Å². The fourth-order valence-corrected chi connectivity index (χ4v) is 4.00. The van der Waals surface area contributed by atoms with Crippen molar-refractivity contribution in [2.24, 2.45) is 0 Å². The number of amides is 1. The largest absolute Gasteiger partial charge is 0.371 e. The standard InChI is InChI=1S/C20H22N4O2S/c1-14-13-15(6-7-16(14)24-10-2-3-11-24)21-18(25)8-9-19-22-20(23-26-19)17-5-4-12-27-17/h4-7,12-13H,2-3,8-11H2,1H3,(H,21,25). The summed E-state index contributed by atoms with van der Waals surface area (Å²) in [7, 11) is 0. The normalized spacial score (nSPS) is 13.9. The van der Waals surface area contributed by atoms with Gasteiger partial charge in [-0.15, -0.1) is 11.3 Å². The Balaban J connectivity index is 1.32. The van der Waals surface area contributed by atoms with Crippen molar-refractivity contribution in [3.8, 4) is 10.7 Å². The highest BCUT2D eigenvalue weighted by Crippen LogP contribution is 2.27. The van der Waals surface area contributed by atoms with Crippen molar-refractivity contribution >= 4 is 28.6 Å². The molecular weight excluding hydrogens is 360 g/mol. The molecule has 1 aliphatic rings. The Morgan fingerprint density at radius 3 is 2.89 bits per heavy atom. The fraction of sp³-hybridized carbons (Fsp3) is 0.350. The van der Waals surface area contributed by atoms with Gasteiger partial charge in [-0.3, -0.25) is 4.79 Å². The summed E-state index contributed by atoms with van der Waals surface area (Å²) >= 11 is 1.56. The number of nitrogens with zero attached hydrogens (tertiary/aromatic N) is 3. The van der Waals surface area contributed by atoms with Crippen molar-refractivity contribution in [2.45, 2.75) is 32.6 Å². The lowest BCUT2D eigenvalue weighted by molar-refractivity contribution is -0.116. The van der Waals surface area contributed by atoms with E-state index < -0.39 is 0 Å². The van der Waals surface area contributed by atoms with Gasteiger partial charge in [-0.25, -0.2) is 0 Å². The van der Waals surface area contributed by atoms with Crippen LogP contribution >= 0.6 is 11.3 Å². The number of hydrogen-bond donors (Lipinski definition) is 1. The number of carbonyl (C=O) groups is 1. The third-order valence-electron chi connectivity index (χ3n) is 4.70. The van der Waals surface area contributed by atoms with Gasteiger partial charge >= 0.3 is 0 Å². The summed E-state index contributed by atoms with van der Waals surface area (Å²) in [6.07, 6.45) is 3.23. The van der Waals surface area contributed by atoms with Crippen molar-refractivity contribution in [3.63, 3.8) is 0 Å². The van der Waals surface area contributed by atoms with E-state index in [9.17, 15) is 4.79 Å². The summed E-state index contributed by atoms with van der Waals surface area (Å²) in [5.74, 6) is 1.00. The molecule has 0 spiro atoms. The molecule has 4 rings (SSSR count). The lowest BCUT2D eigenvalue weighted by Crippen LogP contribution is -2.19. The molecule has 3 heterocycles. The molecule has 1 amide bonds. The van der Waals surface area contributed by atoms with Crippen LogP contribution in [0.3, 0.4) is 0 Å². The maximum absolute atomic E-state index is 12.3. The van der Waals surface area contributed by atoms with Crippen LogP contribution in [0.15, 0.2) is 40.2 Å². The van der Waals surface area contributed by atoms with Crippen LogP contribution < -0.4 is 10.2 Å². The SMILES string of the molecule is Cc1cc(NC(=O)CCc2nc(-c3cccs3)no2)ccc1N1CCCC1. The molecule has 0 aliphatic carbocycles. The van der Waals surface area contributed by atoms with Crippen LogP contribution in [-0.4, -0.2) is 29.1 Å². The molecule has 0 unspecified atom stereocenters. The smallest absolute Gasteiger partial charge is 0.227 e. The second-order valence-electron chi connectivity index (χ2n) is 6.73. The molecule has 1 aromatic carbocycles. The number of aryl methyl sites for hydroxylation is 2. The molecule has 0 radical (unpaired) electrons.